The Hall–Kier alpha value is -3.15. The molecule has 0 heterocycles. The standard InChI is InChI=1S/C19H21N3O3/c1-13-8-6-7-11-16(13)19(25)22-21-18(24)12-17(20-14(2)23)15-9-4-3-5-10-15/h3-11,17H,12H2,1-2H3,(H,20,23)(H,21,24)(H,22,25). The maximum atomic E-state index is 12.2. The van der Waals surface area contributed by atoms with Crippen molar-refractivity contribution in [3.8, 4) is 0 Å². The van der Waals surface area contributed by atoms with E-state index in [4.69, 9.17) is 0 Å². The molecule has 2 aromatic rings. The second-order valence-corrected chi connectivity index (χ2v) is 5.69. The fourth-order valence-corrected chi connectivity index (χ4v) is 2.44. The highest BCUT2D eigenvalue weighted by molar-refractivity contribution is 5.96. The predicted octanol–water partition coefficient (Wildman–Crippen LogP) is 2.02. The average molecular weight is 339 g/mol. The summed E-state index contributed by atoms with van der Waals surface area (Å²) in [5.41, 5.74) is 6.91. The topological polar surface area (TPSA) is 87.3 Å². The average Bonchev–Trinajstić information content (AvgIpc) is 2.60. The van der Waals surface area contributed by atoms with Gasteiger partial charge in [0.25, 0.3) is 5.91 Å². The van der Waals surface area contributed by atoms with Crippen LogP contribution in [0.25, 0.3) is 0 Å². The van der Waals surface area contributed by atoms with E-state index in [1.165, 1.54) is 6.92 Å². The molecule has 2 rings (SSSR count). The van der Waals surface area contributed by atoms with Crippen LogP contribution in [0.15, 0.2) is 54.6 Å². The Morgan fingerprint density at radius 3 is 2.20 bits per heavy atom. The predicted molar refractivity (Wildman–Crippen MR) is 94.4 cm³/mol. The summed E-state index contributed by atoms with van der Waals surface area (Å²) in [4.78, 5) is 35.6. The molecule has 2 aromatic carbocycles. The van der Waals surface area contributed by atoms with Gasteiger partial charge in [0, 0.05) is 12.5 Å². The third-order valence-corrected chi connectivity index (χ3v) is 3.67. The van der Waals surface area contributed by atoms with Crippen molar-refractivity contribution in [2.24, 2.45) is 0 Å². The summed E-state index contributed by atoms with van der Waals surface area (Å²) >= 11 is 0. The molecular weight excluding hydrogens is 318 g/mol. The number of aryl methyl sites for hydroxylation is 1. The fraction of sp³-hybridized carbons (Fsp3) is 0.211. The molecule has 0 aliphatic rings. The molecule has 0 aromatic heterocycles. The summed E-state index contributed by atoms with van der Waals surface area (Å²) in [5.74, 6) is -1.02. The molecule has 3 amide bonds. The Kier molecular flexibility index (Phi) is 6.28. The van der Waals surface area contributed by atoms with Gasteiger partial charge in [0.15, 0.2) is 0 Å². The Morgan fingerprint density at radius 2 is 1.56 bits per heavy atom. The van der Waals surface area contributed by atoms with Gasteiger partial charge in [-0.1, -0.05) is 48.5 Å². The van der Waals surface area contributed by atoms with E-state index in [0.717, 1.165) is 11.1 Å². The number of rotatable bonds is 5. The van der Waals surface area contributed by atoms with E-state index >= 15 is 0 Å². The molecule has 6 heteroatoms. The van der Waals surface area contributed by atoms with Crippen LogP contribution in [0.4, 0.5) is 0 Å². The van der Waals surface area contributed by atoms with Crippen LogP contribution in [-0.2, 0) is 9.59 Å². The van der Waals surface area contributed by atoms with Crippen LogP contribution in [0.3, 0.4) is 0 Å². The van der Waals surface area contributed by atoms with Gasteiger partial charge in [-0.15, -0.1) is 0 Å². The van der Waals surface area contributed by atoms with Crippen LogP contribution >= 0.6 is 0 Å². The van der Waals surface area contributed by atoms with Crippen molar-refractivity contribution in [2.75, 3.05) is 0 Å². The molecule has 1 atom stereocenters. The number of benzene rings is 2. The zero-order valence-corrected chi connectivity index (χ0v) is 14.2. The number of amides is 3. The third kappa shape index (κ3) is 5.46. The van der Waals surface area contributed by atoms with E-state index in [-0.39, 0.29) is 18.2 Å². The lowest BCUT2D eigenvalue weighted by Crippen LogP contribution is -2.43. The SMILES string of the molecule is CC(=O)NC(CC(=O)NNC(=O)c1ccccc1C)c1ccccc1. The third-order valence-electron chi connectivity index (χ3n) is 3.67. The van der Waals surface area contributed by atoms with Crippen LogP contribution in [0.5, 0.6) is 0 Å². The largest absolute Gasteiger partial charge is 0.349 e. The second kappa shape index (κ2) is 8.63. The fourth-order valence-electron chi connectivity index (χ4n) is 2.44. The summed E-state index contributed by atoms with van der Waals surface area (Å²) in [6.07, 6.45) is 0.0116. The summed E-state index contributed by atoms with van der Waals surface area (Å²) < 4.78 is 0. The van der Waals surface area contributed by atoms with Gasteiger partial charge in [0.1, 0.15) is 0 Å². The molecule has 25 heavy (non-hydrogen) atoms. The van der Waals surface area contributed by atoms with Gasteiger partial charge in [-0.05, 0) is 24.1 Å². The van der Waals surface area contributed by atoms with Gasteiger partial charge in [-0.2, -0.15) is 0 Å². The molecule has 0 spiro atoms. The van der Waals surface area contributed by atoms with Crippen molar-refractivity contribution in [1.82, 2.24) is 16.2 Å². The first-order valence-electron chi connectivity index (χ1n) is 7.94. The molecule has 0 saturated carbocycles. The summed E-state index contributed by atoms with van der Waals surface area (Å²) in [5, 5.41) is 2.74. The number of hydrogen-bond acceptors (Lipinski definition) is 3. The normalized spacial score (nSPS) is 11.3. The van der Waals surface area contributed by atoms with Crippen LogP contribution in [-0.4, -0.2) is 17.7 Å². The minimum absolute atomic E-state index is 0.0116. The van der Waals surface area contributed by atoms with E-state index in [1.807, 2.05) is 49.4 Å². The number of hydrazine groups is 1. The maximum Gasteiger partial charge on any atom is 0.269 e. The molecule has 130 valence electrons. The summed E-state index contributed by atoms with van der Waals surface area (Å²) in [6, 6.07) is 15.8. The van der Waals surface area contributed by atoms with Crippen LogP contribution < -0.4 is 16.2 Å². The second-order valence-electron chi connectivity index (χ2n) is 5.69. The molecular formula is C19H21N3O3. The molecule has 0 fully saturated rings. The first-order valence-corrected chi connectivity index (χ1v) is 7.94. The van der Waals surface area contributed by atoms with Crippen LogP contribution in [0, 0.1) is 6.92 Å². The highest BCUT2D eigenvalue weighted by Gasteiger charge is 2.17. The lowest BCUT2D eigenvalue weighted by molar-refractivity contribution is -0.123. The van der Waals surface area contributed by atoms with Crippen LogP contribution in [0.2, 0.25) is 0 Å². The van der Waals surface area contributed by atoms with Crippen molar-refractivity contribution >= 4 is 17.7 Å². The summed E-state index contributed by atoms with van der Waals surface area (Å²) in [6.45, 7) is 3.22. The number of carbonyl (C=O) groups excluding carboxylic acids is 3. The maximum absolute atomic E-state index is 12.2. The molecule has 0 radical (unpaired) electrons. The highest BCUT2D eigenvalue weighted by atomic mass is 16.2. The van der Waals surface area contributed by atoms with Crippen molar-refractivity contribution in [3.05, 3.63) is 71.3 Å². The minimum atomic E-state index is -0.464. The van der Waals surface area contributed by atoms with E-state index in [2.05, 4.69) is 16.2 Å². The van der Waals surface area contributed by atoms with Gasteiger partial charge < -0.3 is 5.32 Å². The zero-order valence-electron chi connectivity index (χ0n) is 14.2. The summed E-state index contributed by atoms with van der Waals surface area (Å²) in [7, 11) is 0. The molecule has 0 bridgehead atoms. The lowest BCUT2D eigenvalue weighted by Gasteiger charge is -2.18. The minimum Gasteiger partial charge on any atom is -0.349 e. The van der Waals surface area contributed by atoms with Gasteiger partial charge in [-0.3, -0.25) is 25.2 Å². The molecule has 3 N–H and O–H groups in total. The van der Waals surface area contributed by atoms with Crippen molar-refractivity contribution in [1.29, 1.82) is 0 Å². The van der Waals surface area contributed by atoms with Gasteiger partial charge in [0.05, 0.1) is 12.5 Å². The smallest absolute Gasteiger partial charge is 0.269 e. The first-order chi connectivity index (χ1) is 12.0. The highest BCUT2D eigenvalue weighted by Crippen LogP contribution is 2.16. The van der Waals surface area contributed by atoms with Crippen molar-refractivity contribution < 1.29 is 14.4 Å². The van der Waals surface area contributed by atoms with Gasteiger partial charge >= 0.3 is 0 Å². The quantitative estimate of drug-likeness (QED) is 0.728. The van der Waals surface area contributed by atoms with E-state index in [0.29, 0.717) is 5.56 Å². The Labute approximate surface area is 146 Å². The van der Waals surface area contributed by atoms with Crippen LogP contribution in [0.1, 0.15) is 40.9 Å². The molecule has 0 aliphatic carbocycles. The lowest BCUT2D eigenvalue weighted by atomic mass is 10.0. The Morgan fingerprint density at radius 1 is 0.920 bits per heavy atom. The molecule has 0 saturated heterocycles. The molecule has 6 nitrogen and oxygen atoms in total. The number of carbonyl (C=O) groups is 3. The van der Waals surface area contributed by atoms with E-state index < -0.39 is 11.9 Å². The van der Waals surface area contributed by atoms with Crippen molar-refractivity contribution in [3.63, 3.8) is 0 Å². The molecule has 0 aliphatic heterocycles. The number of hydrogen-bond donors (Lipinski definition) is 3. The Balaban J connectivity index is 1.96. The van der Waals surface area contributed by atoms with Crippen molar-refractivity contribution in [2.45, 2.75) is 26.3 Å². The molecule has 1 unspecified atom stereocenters. The van der Waals surface area contributed by atoms with E-state index in [9.17, 15) is 14.4 Å². The first kappa shape index (κ1) is 18.2. The van der Waals surface area contributed by atoms with Gasteiger partial charge in [-0.25, -0.2) is 0 Å². The number of nitrogens with one attached hydrogen (secondary N) is 3. The van der Waals surface area contributed by atoms with Gasteiger partial charge in [0.2, 0.25) is 11.8 Å². The zero-order chi connectivity index (χ0) is 18.2. The monoisotopic (exact) mass is 339 g/mol. The Bertz CT molecular complexity index is 760. The van der Waals surface area contributed by atoms with E-state index in [1.54, 1.807) is 12.1 Å².